The first kappa shape index (κ1) is 23.0. The van der Waals surface area contributed by atoms with Crippen LogP contribution in [0, 0.1) is 0 Å². The minimum Gasteiger partial charge on any atom is -0.508 e. The second-order valence-corrected chi connectivity index (χ2v) is 7.74. The van der Waals surface area contributed by atoms with Gasteiger partial charge in [0.1, 0.15) is 47.2 Å². The van der Waals surface area contributed by atoms with Crippen molar-refractivity contribution < 1.29 is 59.9 Å². The van der Waals surface area contributed by atoms with Gasteiger partial charge in [-0.1, -0.05) is 6.07 Å². The van der Waals surface area contributed by atoms with Crippen molar-refractivity contribution in [2.24, 2.45) is 0 Å². The summed E-state index contributed by atoms with van der Waals surface area (Å²) in [6.45, 7) is -0.724. The molecule has 7 atom stereocenters. The molecule has 12 nitrogen and oxygen atoms in total. The van der Waals surface area contributed by atoms with Crippen molar-refractivity contribution in [1.82, 2.24) is 0 Å². The van der Waals surface area contributed by atoms with Gasteiger partial charge in [-0.15, -0.1) is 0 Å². The molecule has 178 valence electrons. The molecule has 2 aliphatic heterocycles. The summed E-state index contributed by atoms with van der Waals surface area (Å²) in [5.74, 6) is -3.00. The SMILES string of the molecule is O=C1c2c(O)cc(O)cc2O[C@H](c2ccc(O)c(O)c2)[C@H]1O[C@@H]1O[C@@H](CO)[C@H](O)[C@H](O)[C@@H]1O. The molecule has 0 aliphatic carbocycles. The fourth-order valence-corrected chi connectivity index (χ4v) is 3.82. The van der Waals surface area contributed by atoms with Crippen LogP contribution in [-0.2, 0) is 9.47 Å². The molecule has 0 aromatic heterocycles. The van der Waals surface area contributed by atoms with Crippen molar-refractivity contribution in [3.8, 4) is 28.7 Å². The summed E-state index contributed by atoms with van der Waals surface area (Å²) in [7, 11) is 0. The number of carbonyl (C=O) groups excluding carboxylic acids is 1. The van der Waals surface area contributed by atoms with E-state index in [1.165, 1.54) is 6.07 Å². The molecule has 2 aromatic rings. The molecular formula is C21H22O12. The third-order valence-corrected chi connectivity index (χ3v) is 5.56. The van der Waals surface area contributed by atoms with Gasteiger partial charge in [0.05, 0.1) is 6.61 Å². The highest BCUT2D eigenvalue weighted by atomic mass is 16.7. The van der Waals surface area contributed by atoms with Crippen molar-refractivity contribution in [2.45, 2.75) is 42.9 Å². The Hall–Kier alpha value is -3.13. The van der Waals surface area contributed by atoms with Crippen LogP contribution in [0.15, 0.2) is 30.3 Å². The Balaban J connectivity index is 1.75. The maximum Gasteiger partial charge on any atom is 0.203 e. The number of ether oxygens (including phenoxy) is 3. The van der Waals surface area contributed by atoms with Crippen molar-refractivity contribution in [2.75, 3.05) is 6.61 Å². The number of aliphatic hydroxyl groups is 4. The van der Waals surface area contributed by atoms with Crippen LogP contribution < -0.4 is 4.74 Å². The van der Waals surface area contributed by atoms with Gasteiger partial charge in [0, 0.05) is 12.1 Å². The number of aliphatic hydroxyl groups excluding tert-OH is 4. The van der Waals surface area contributed by atoms with Crippen molar-refractivity contribution in [3.05, 3.63) is 41.5 Å². The second kappa shape index (κ2) is 8.67. The molecule has 8 N–H and O–H groups in total. The summed E-state index contributed by atoms with van der Waals surface area (Å²) < 4.78 is 16.7. The average Bonchev–Trinajstić information content (AvgIpc) is 2.76. The lowest BCUT2D eigenvalue weighted by molar-refractivity contribution is -0.311. The number of hydrogen-bond donors (Lipinski definition) is 8. The van der Waals surface area contributed by atoms with Crippen molar-refractivity contribution >= 4 is 5.78 Å². The van der Waals surface area contributed by atoms with E-state index in [1.807, 2.05) is 0 Å². The van der Waals surface area contributed by atoms with Gasteiger partial charge in [0.15, 0.2) is 30.0 Å². The maximum absolute atomic E-state index is 13.3. The molecule has 2 heterocycles. The van der Waals surface area contributed by atoms with E-state index < -0.39 is 72.6 Å². The number of benzene rings is 2. The summed E-state index contributed by atoms with van der Waals surface area (Å²) >= 11 is 0. The average molecular weight is 466 g/mol. The van der Waals surface area contributed by atoms with Gasteiger partial charge in [-0.25, -0.2) is 0 Å². The van der Waals surface area contributed by atoms with Crippen LogP contribution in [0.2, 0.25) is 0 Å². The fourth-order valence-electron chi connectivity index (χ4n) is 3.82. The third-order valence-electron chi connectivity index (χ3n) is 5.56. The Morgan fingerprint density at radius 1 is 0.879 bits per heavy atom. The van der Waals surface area contributed by atoms with Gasteiger partial charge >= 0.3 is 0 Å². The summed E-state index contributed by atoms with van der Waals surface area (Å²) in [5.41, 5.74) is -0.191. The predicted octanol–water partition coefficient (Wildman–Crippen LogP) is -0.990. The topological polar surface area (TPSA) is 207 Å². The van der Waals surface area contributed by atoms with E-state index in [0.29, 0.717) is 0 Å². The van der Waals surface area contributed by atoms with E-state index in [0.717, 1.165) is 24.3 Å². The van der Waals surface area contributed by atoms with E-state index in [-0.39, 0.29) is 22.6 Å². The Morgan fingerprint density at radius 3 is 2.27 bits per heavy atom. The Bertz CT molecular complexity index is 1050. The van der Waals surface area contributed by atoms with Crippen LogP contribution in [0.25, 0.3) is 0 Å². The summed E-state index contributed by atoms with van der Waals surface area (Å²) in [4.78, 5) is 13.3. The van der Waals surface area contributed by atoms with E-state index in [2.05, 4.69) is 0 Å². The highest BCUT2D eigenvalue weighted by Crippen LogP contribution is 2.44. The van der Waals surface area contributed by atoms with Crippen LogP contribution in [0.1, 0.15) is 22.0 Å². The number of aromatic hydroxyl groups is 4. The van der Waals surface area contributed by atoms with Crippen molar-refractivity contribution in [3.63, 3.8) is 0 Å². The van der Waals surface area contributed by atoms with E-state index in [4.69, 9.17) is 14.2 Å². The van der Waals surface area contributed by atoms with Gasteiger partial charge < -0.3 is 55.1 Å². The van der Waals surface area contributed by atoms with Gasteiger partial charge in [-0.3, -0.25) is 4.79 Å². The standard InChI is InChI=1S/C21H22O12/c22-6-13-15(27)17(29)18(30)21(32-13)33-20-16(28)14-11(26)4-8(23)5-12(14)31-19(20)7-1-2-9(24)10(25)3-7/h1-5,13,15,17-27,29-30H,6H2/t13-,15-,17-,18-,19+,20-,21-/m0/s1. The zero-order valence-corrected chi connectivity index (χ0v) is 16.8. The highest BCUT2D eigenvalue weighted by molar-refractivity contribution is 6.05. The lowest BCUT2D eigenvalue weighted by atomic mass is 9.92. The van der Waals surface area contributed by atoms with Crippen LogP contribution in [0.3, 0.4) is 0 Å². The van der Waals surface area contributed by atoms with Crippen LogP contribution in [0.5, 0.6) is 28.7 Å². The summed E-state index contributed by atoms with van der Waals surface area (Å²) in [6, 6.07) is 5.57. The molecule has 33 heavy (non-hydrogen) atoms. The molecule has 12 heteroatoms. The molecule has 4 rings (SSSR count). The van der Waals surface area contributed by atoms with Crippen LogP contribution in [0.4, 0.5) is 0 Å². The number of phenolic OH excluding ortho intramolecular Hbond substituents is 4. The largest absolute Gasteiger partial charge is 0.508 e. The minimum atomic E-state index is -1.82. The molecular weight excluding hydrogens is 444 g/mol. The number of carbonyl (C=O) groups is 1. The first-order valence-corrected chi connectivity index (χ1v) is 9.87. The molecule has 0 unspecified atom stereocenters. The van der Waals surface area contributed by atoms with Crippen molar-refractivity contribution in [1.29, 1.82) is 0 Å². The fraction of sp³-hybridized carbons (Fsp3) is 0.381. The molecule has 0 bridgehead atoms. The Labute approximate surface area is 186 Å². The molecule has 0 spiro atoms. The van der Waals surface area contributed by atoms with Gasteiger partial charge in [0.25, 0.3) is 0 Å². The third kappa shape index (κ3) is 4.04. The normalized spacial score (nSPS) is 31.6. The molecule has 0 saturated carbocycles. The zero-order valence-electron chi connectivity index (χ0n) is 16.8. The monoisotopic (exact) mass is 466 g/mol. The van der Waals surface area contributed by atoms with E-state index in [1.54, 1.807) is 0 Å². The van der Waals surface area contributed by atoms with E-state index in [9.17, 15) is 45.6 Å². The van der Waals surface area contributed by atoms with Gasteiger partial charge in [-0.05, 0) is 17.7 Å². The first-order chi connectivity index (χ1) is 15.6. The lowest BCUT2D eigenvalue weighted by Gasteiger charge is -2.42. The van der Waals surface area contributed by atoms with Gasteiger partial charge in [0.2, 0.25) is 5.78 Å². The summed E-state index contributed by atoms with van der Waals surface area (Å²) in [6.07, 6.45) is -11.2. The lowest BCUT2D eigenvalue weighted by Crippen LogP contribution is -2.60. The number of phenols is 4. The maximum atomic E-state index is 13.3. The minimum absolute atomic E-state index is 0.140. The molecule has 2 aromatic carbocycles. The van der Waals surface area contributed by atoms with Crippen LogP contribution >= 0.6 is 0 Å². The summed E-state index contributed by atoms with van der Waals surface area (Å²) in [5, 5.41) is 79.2. The molecule has 1 saturated heterocycles. The number of fused-ring (bicyclic) bond motifs is 1. The Kier molecular flexibility index (Phi) is 6.05. The quantitative estimate of drug-likeness (QED) is 0.256. The number of ketones is 1. The highest BCUT2D eigenvalue weighted by Gasteiger charge is 2.49. The molecule has 0 radical (unpaired) electrons. The van der Waals surface area contributed by atoms with E-state index >= 15 is 0 Å². The Morgan fingerprint density at radius 2 is 1.61 bits per heavy atom. The first-order valence-electron chi connectivity index (χ1n) is 9.87. The molecule has 1 fully saturated rings. The molecule has 2 aliphatic rings. The predicted molar refractivity (Wildman–Crippen MR) is 106 cm³/mol. The second-order valence-electron chi connectivity index (χ2n) is 7.74. The number of hydrogen-bond acceptors (Lipinski definition) is 12. The molecule has 0 amide bonds. The zero-order chi connectivity index (χ0) is 24.0. The number of rotatable bonds is 4. The van der Waals surface area contributed by atoms with Gasteiger partial charge in [-0.2, -0.15) is 0 Å². The number of Topliss-reactive ketones (excluding diaryl/α,β-unsaturated/α-hetero) is 1. The smallest absolute Gasteiger partial charge is 0.203 e. The van der Waals surface area contributed by atoms with Crippen LogP contribution in [-0.4, -0.2) is 90.1 Å².